The van der Waals surface area contributed by atoms with E-state index in [0.717, 1.165) is 22.3 Å². The largest absolute Gasteiger partial charge is 0.450 e. The zero-order chi connectivity index (χ0) is 26.4. The minimum atomic E-state index is -5.03. The number of nitrogens with one attached hydrogen (secondary N) is 1. The van der Waals surface area contributed by atoms with Gasteiger partial charge in [0.15, 0.2) is 5.78 Å². The number of rotatable bonds is 7. The third kappa shape index (κ3) is 6.25. The van der Waals surface area contributed by atoms with E-state index in [0.29, 0.717) is 12.0 Å². The number of benzene rings is 3. The number of ether oxygens (including phenoxy) is 1. The Morgan fingerprint density at radius 3 is 2.05 bits per heavy atom. The average Bonchev–Trinajstić information content (AvgIpc) is 3.20. The van der Waals surface area contributed by atoms with E-state index in [1.165, 1.54) is 24.3 Å². The molecule has 0 radical (unpaired) electrons. The lowest BCUT2D eigenvalue weighted by molar-refractivity contribution is -0.170. The third-order valence-electron chi connectivity index (χ3n) is 5.94. The number of ketones is 2. The van der Waals surface area contributed by atoms with Gasteiger partial charge in [0.2, 0.25) is 5.78 Å². The van der Waals surface area contributed by atoms with Crippen LogP contribution in [-0.4, -0.2) is 37.0 Å². The van der Waals surface area contributed by atoms with Crippen LogP contribution < -0.4 is 5.32 Å². The summed E-state index contributed by atoms with van der Waals surface area (Å²) >= 11 is 0. The van der Waals surface area contributed by atoms with Crippen LogP contribution in [0, 0.1) is 11.8 Å². The highest BCUT2D eigenvalue weighted by molar-refractivity contribution is 6.09. The summed E-state index contributed by atoms with van der Waals surface area (Å²) in [5.74, 6) is 2.71. The lowest BCUT2D eigenvalue weighted by atomic mass is 9.98. The van der Waals surface area contributed by atoms with Crippen molar-refractivity contribution >= 4 is 17.7 Å². The highest BCUT2D eigenvalue weighted by atomic mass is 19.4. The number of hydrogen-bond donors (Lipinski definition) is 1. The minimum absolute atomic E-state index is 0.0000664. The smallest absolute Gasteiger partial charge is 0.449 e. The maximum atomic E-state index is 12.3. The summed E-state index contributed by atoms with van der Waals surface area (Å²) in [4.78, 5) is 35.0. The normalized spacial score (nSPS) is 12.1. The lowest BCUT2D eigenvalue weighted by Crippen LogP contribution is -2.26. The molecule has 0 saturated carbocycles. The topological polar surface area (TPSA) is 72.5 Å². The number of alkyl carbamates (subject to hydrolysis) is 1. The van der Waals surface area contributed by atoms with Crippen LogP contribution in [0.15, 0.2) is 72.8 Å². The summed E-state index contributed by atoms with van der Waals surface area (Å²) in [6.07, 6.45) is -6.46. The van der Waals surface area contributed by atoms with Crippen molar-refractivity contribution in [3.8, 4) is 23.0 Å². The second kappa shape index (κ2) is 11.1. The van der Waals surface area contributed by atoms with E-state index < -0.39 is 30.3 Å². The van der Waals surface area contributed by atoms with Crippen molar-refractivity contribution in [1.29, 1.82) is 0 Å². The molecule has 1 amide bonds. The fourth-order valence-electron chi connectivity index (χ4n) is 4.13. The van der Waals surface area contributed by atoms with Crippen LogP contribution in [0.2, 0.25) is 0 Å². The molecule has 3 aromatic rings. The summed E-state index contributed by atoms with van der Waals surface area (Å²) in [6, 6.07) is 21.7. The van der Waals surface area contributed by atoms with E-state index >= 15 is 0 Å². The van der Waals surface area contributed by atoms with Gasteiger partial charge in [-0.2, -0.15) is 13.2 Å². The van der Waals surface area contributed by atoms with Crippen molar-refractivity contribution in [2.45, 2.75) is 24.9 Å². The average molecular weight is 505 g/mol. The number of alkyl halides is 3. The van der Waals surface area contributed by atoms with Gasteiger partial charge in [-0.05, 0) is 34.4 Å². The first-order valence-electron chi connectivity index (χ1n) is 11.5. The second-order valence-corrected chi connectivity index (χ2v) is 8.40. The monoisotopic (exact) mass is 505 g/mol. The van der Waals surface area contributed by atoms with E-state index in [2.05, 4.69) is 29.3 Å². The van der Waals surface area contributed by atoms with Gasteiger partial charge < -0.3 is 10.1 Å². The molecule has 1 N–H and O–H groups in total. The van der Waals surface area contributed by atoms with Crippen molar-refractivity contribution in [2.75, 3.05) is 13.2 Å². The molecule has 0 saturated heterocycles. The van der Waals surface area contributed by atoms with Crippen LogP contribution >= 0.6 is 0 Å². The first-order chi connectivity index (χ1) is 17.7. The molecule has 37 heavy (non-hydrogen) atoms. The standard InChI is InChI=1S/C29H22F3NO4/c30-29(31,32)27(35)17-26(34)20-14-12-19(13-15-20)7-5-6-16-33-28(36)37-18-25-23-10-3-1-8-21(23)22-9-2-4-11-24(22)25/h1-4,8-15,25H,6,16-18H2,(H,33,36). The number of fused-ring (bicyclic) bond motifs is 3. The van der Waals surface area contributed by atoms with E-state index in [1.54, 1.807) is 0 Å². The summed E-state index contributed by atoms with van der Waals surface area (Å²) in [5, 5.41) is 2.66. The van der Waals surface area contributed by atoms with Gasteiger partial charge >= 0.3 is 12.3 Å². The SMILES string of the molecule is O=C(NCCC#Cc1ccc(C(=O)CC(=O)C(F)(F)F)cc1)OCC1c2ccccc2-c2ccccc21. The Labute approximate surface area is 211 Å². The molecular weight excluding hydrogens is 483 g/mol. The Hall–Kier alpha value is -4.38. The molecule has 0 fully saturated rings. The first-order valence-corrected chi connectivity index (χ1v) is 11.5. The molecular formula is C29H22F3NO4. The maximum Gasteiger partial charge on any atom is 0.450 e. The van der Waals surface area contributed by atoms with Crippen molar-refractivity contribution in [3.63, 3.8) is 0 Å². The maximum absolute atomic E-state index is 12.3. The van der Waals surface area contributed by atoms with Crippen molar-refractivity contribution in [3.05, 3.63) is 95.1 Å². The number of halogens is 3. The van der Waals surface area contributed by atoms with Crippen LogP contribution in [0.3, 0.4) is 0 Å². The zero-order valence-electron chi connectivity index (χ0n) is 19.6. The van der Waals surface area contributed by atoms with Gasteiger partial charge in [0, 0.05) is 30.0 Å². The molecule has 188 valence electrons. The highest BCUT2D eigenvalue weighted by Gasteiger charge is 2.39. The molecule has 0 spiro atoms. The molecule has 0 aromatic heterocycles. The first kappa shape index (κ1) is 25.7. The molecule has 4 rings (SSSR count). The molecule has 0 atom stereocenters. The summed E-state index contributed by atoms with van der Waals surface area (Å²) in [5.41, 5.74) is 5.09. The number of carbonyl (C=O) groups is 3. The molecule has 0 heterocycles. The van der Waals surface area contributed by atoms with E-state index in [1.807, 2.05) is 36.4 Å². The van der Waals surface area contributed by atoms with Crippen LogP contribution in [0.4, 0.5) is 18.0 Å². The molecule has 1 aliphatic rings. The fraction of sp³-hybridized carbons (Fsp3) is 0.207. The molecule has 0 aliphatic heterocycles. The number of amides is 1. The van der Waals surface area contributed by atoms with Crippen molar-refractivity contribution < 1.29 is 32.3 Å². The van der Waals surface area contributed by atoms with Crippen LogP contribution in [0.5, 0.6) is 0 Å². The number of Topliss-reactive ketones (excluding diaryl/α,β-unsaturated/α-hetero) is 2. The van der Waals surface area contributed by atoms with Gasteiger partial charge in [0.05, 0.1) is 6.42 Å². The Morgan fingerprint density at radius 1 is 0.865 bits per heavy atom. The predicted molar refractivity (Wildman–Crippen MR) is 131 cm³/mol. The molecule has 8 heteroatoms. The fourth-order valence-corrected chi connectivity index (χ4v) is 4.13. The Kier molecular flexibility index (Phi) is 7.73. The van der Waals surface area contributed by atoms with Crippen LogP contribution in [0.25, 0.3) is 11.1 Å². The van der Waals surface area contributed by atoms with Gasteiger partial charge in [-0.3, -0.25) is 9.59 Å². The third-order valence-corrected chi connectivity index (χ3v) is 5.94. The van der Waals surface area contributed by atoms with Crippen LogP contribution in [0.1, 0.15) is 45.8 Å². The summed E-state index contributed by atoms with van der Waals surface area (Å²) in [6.45, 7) is 0.477. The zero-order valence-corrected chi connectivity index (χ0v) is 19.6. The molecule has 1 aliphatic carbocycles. The number of hydrogen-bond acceptors (Lipinski definition) is 4. The Bertz CT molecular complexity index is 1340. The van der Waals surface area contributed by atoms with Crippen LogP contribution in [-0.2, 0) is 9.53 Å². The highest BCUT2D eigenvalue weighted by Crippen LogP contribution is 2.44. The van der Waals surface area contributed by atoms with Gasteiger partial charge in [-0.25, -0.2) is 4.79 Å². The van der Waals surface area contributed by atoms with Gasteiger partial charge in [0.1, 0.15) is 6.61 Å². The Balaban J connectivity index is 1.22. The molecule has 0 unspecified atom stereocenters. The second-order valence-electron chi connectivity index (χ2n) is 8.40. The summed E-state index contributed by atoms with van der Waals surface area (Å²) < 4.78 is 42.4. The molecule has 3 aromatic carbocycles. The molecule has 0 bridgehead atoms. The van der Waals surface area contributed by atoms with Crippen molar-refractivity contribution in [2.24, 2.45) is 0 Å². The van der Waals surface area contributed by atoms with Gasteiger partial charge in [-0.15, -0.1) is 0 Å². The van der Waals surface area contributed by atoms with Crippen molar-refractivity contribution in [1.82, 2.24) is 5.32 Å². The predicted octanol–water partition coefficient (Wildman–Crippen LogP) is 5.67. The van der Waals surface area contributed by atoms with E-state index in [9.17, 15) is 27.6 Å². The van der Waals surface area contributed by atoms with E-state index in [4.69, 9.17) is 4.74 Å². The van der Waals surface area contributed by atoms with Gasteiger partial charge in [0.25, 0.3) is 0 Å². The minimum Gasteiger partial charge on any atom is -0.449 e. The molecule has 5 nitrogen and oxygen atoms in total. The quantitative estimate of drug-likeness (QED) is 0.194. The lowest BCUT2D eigenvalue weighted by Gasteiger charge is -2.14. The Morgan fingerprint density at radius 2 is 1.46 bits per heavy atom. The number of carbonyl (C=O) groups excluding carboxylic acids is 3. The van der Waals surface area contributed by atoms with E-state index in [-0.39, 0.29) is 24.6 Å². The van der Waals surface area contributed by atoms with Gasteiger partial charge in [-0.1, -0.05) is 72.5 Å². The summed E-state index contributed by atoms with van der Waals surface area (Å²) in [7, 11) is 0.